The van der Waals surface area contributed by atoms with Crippen molar-refractivity contribution >= 4 is 39.9 Å². The Morgan fingerprint density at radius 3 is 2.58 bits per heavy atom. The molecule has 0 aliphatic heterocycles. The average Bonchev–Trinajstić information content (AvgIpc) is 2.44. The topological polar surface area (TPSA) is 28.7 Å². The largest absolute Gasteiger partial charge is 0.342 e. The van der Waals surface area contributed by atoms with Crippen molar-refractivity contribution in [1.29, 1.82) is 0 Å². The lowest BCUT2D eigenvalue weighted by Gasteiger charge is -2.08. The first-order valence-electron chi connectivity index (χ1n) is 6.08. The van der Waals surface area contributed by atoms with Gasteiger partial charge in [0.2, 0.25) is 0 Å². The van der Waals surface area contributed by atoms with E-state index in [9.17, 15) is 0 Å². The van der Waals surface area contributed by atoms with Crippen LogP contribution in [-0.4, -0.2) is 16.2 Å². The third-order valence-electron chi connectivity index (χ3n) is 2.80. The quantitative estimate of drug-likeness (QED) is 0.600. The van der Waals surface area contributed by atoms with E-state index >= 15 is 0 Å². The van der Waals surface area contributed by atoms with Gasteiger partial charge >= 0.3 is 0 Å². The Kier molecular flexibility index (Phi) is 5.19. The van der Waals surface area contributed by atoms with E-state index in [-0.39, 0.29) is 0 Å². The number of aromatic nitrogens is 2. The molecule has 0 fully saturated rings. The third kappa shape index (κ3) is 3.46. The Hall–Kier alpha value is -0.650. The van der Waals surface area contributed by atoms with Gasteiger partial charge in [0.05, 0.1) is 4.47 Å². The van der Waals surface area contributed by atoms with E-state index in [1.54, 1.807) is 11.8 Å². The number of rotatable bonds is 4. The van der Waals surface area contributed by atoms with Crippen LogP contribution in [0.5, 0.6) is 0 Å². The van der Waals surface area contributed by atoms with Crippen molar-refractivity contribution in [2.45, 2.75) is 24.7 Å². The number of aromatic amines is 1. The molecular formula is C14H15BrN2S2. The monoisotopic (exact) mass is 354 g/mol. The lowest BCUT2D eigenvalue weighted by atomic mass is 10.2. The summed E-state index contributed by atoms with van der Waals surface area (Å²) in [5.74, 6) is 0.837. The first-order valence-corrected chi connectivity index (χ1v) is 8.51. The molecule has 0 amide bonds. The number of benzene rings is 1. The first kappa shape index (κ1) is 14.8. The van der Waals surface area contributed by atoms with Crippen LogP contribution < -0.4 is 0 Å². The van der Waals surface area contributed by atoms with Crippen molar-refractivity contribution in [3.05, 3.63) is 39.1 Å². The molecule has 0 radical (unpaired) electrons. The van der Waals surface area contributed by atoms with Crippen LogP contribution in [0.4, 0.5) is 0 Å². The van der Waals surface area contributed by atoms with Crippen LogP contribution >= 0.6 is 39.9 Å². The van der Waals surface area contributed by atoms with Crippen LogP contribution in [-0.2, 0) is 6.42 Å². The van der Waals surface area contributed by atoms with Crippen LogP contribution in [0.1, 0.15) is 19.0 Å². The fourth-order valence-corrected chi connectivity index (χ4v) is 2.82. The molecule has 1 N–H and O–H groups in total. The fraction of sp³-hybridized carbons (Fsp3) is 0.286. The summed E-state index contributed by atoms with van der Waals surface area (Å²) >= 11 is 10.5. The Labute approximate surface area is 131 Å². The lowest BCUT2D eigenvalue weighted by Crippen LogP contribution is -1.98. The van der Waals surface area contributed by atoms with Gasteiger partial charge in [-0.3, -0.25) is 0 Å². The predicted octanol–water partition coefficient (Wildman–Crippen LogP) is 5.24. The lowest BCUT2D eigenvalue weighted by molar-refractivity contribution is 0.865. The second kappa shape index (κ2) is 6.68. The molecule has 2 rings (SSSR count). The van der Waals surface area contributed by atoms with Crippen molar-refractivity contribution in [2.24, 2.45) is 0 Å². The molecule has 1 aromatic heterocycles. The third-order valence-corrected chi connectivity index (χ3v) is 4.95. The van der Waals surface area contributed by atoms with Crippen molar-refractivity contribution in [3.8, 4) is 11.4 Å². The minimum Gasteiger partial charge on any atom is -0.342 e. The molecule has 0 bridgehead atoms. The van der Waals surface area contributed by atoms with Gasteiger partial charge in [0, 0.05) is 16.2 Å². The molecule has 0 aliphatic rings. The molecule has 1 aromatic carbocycles. The normalized spacial score (nSPS) is 10.7. The number of halogens is 1. The molecule has 2 aromatic rings. The molecule has 100 valence electrons. The molecule has 0 spiro atoms. The Balaban J connectivity index is 2.46. The van der Waals surface area contributed by atoms with Gasteiger partial charge in [0.1, 0.15) is 10.5 Å². The van der Waals surface area contributed by atoms with Gasteiger partial charge in [-0.25, -0.2) is 4.98 Å². The molecule has 0 aliphatic carbocycles. The van der Waals surface area contributed by atoms with Crippen LogP contribution in [0, 0.1) is 4.64 Å². The Morgan fingerprint density at radius 1 is 1.32 bits per heavy atom. The summed E-state index contributed by atoms with van der Waals surface area (Å²) in [6.45, 7) is 2.15. The number of nitrogens with zero attached hydrogens (tertiary/aromatic N) is 1. The summed E-state index contributed by atoms with van der Waals surface area (Å²) in [4.78, 5) is 9.07. The van der Waals surface area contributed by atoms with E-state index in [1.165, 1.54) is 4.90 Å². The molecule has 0 unspecified atom stereocenters. The van der Waals surface area contributed by atoms with E-state index < -0.39 is 0 Å². The molecule has 0 saturated carbocycles. The predicted molar refractivity (Wildman–Crippen MR) is 88.3 cm³/mol. The molecule has 0 saturated heterocycles. The maximum atomic E-state index is 5.31. The summed E-state index contributed by atoms with van der Waals surface area (Å²) in [6, 6.07) is 8.34. The number of hydrogen-bond acceptors (Lipinski definition) is 3. The smallest absolute Gasteiger partial charge is 0.144 e. The van der Waals surface area contributed by atoms with Gasteiger partial charge in [-0.15, -0.1) is 11.8 Å². The van der Waals surface area contributed by atoms with Crippen LogP contribution in [0.2, 0.25) is 0 Å². The van der Waals surface area contributed by atoms with Crippen LogP contribution in [0.3, 0.4) is 0 Å². The number of H-pyrrole nitrogens is 1. The summed E-state index contributed by atoms with van der Waals surface area (Å²) in [7, 11) is 0. The van der Waals surface area contributed by atoms with E-state index in [2.05, 4.69) is 63.3 Å². The molecule has 5 heteroatoms. The summed E-state index contributed by atoms with van der Waals surface area (Å²) < 4.78 is 1.53. The highest BCUT2D eigenvalue weighted by Crippen LogP contribution is 2.24. The molecule has 2 nitrogen and oxygen atoms in total. The molecular weight excluding hydrogens is 340 g/mol. The Morgan fingerprint density at radius 2 is 2.00 bits per heavy atom. The van der Waals surface area contributed by atoms with E-state index in [0.717, 1.165) is 34.4 Å². The number of hydrogen-bond donors (Lipinski definition) is 1. The fourth-order valence-electron chi connectivity index (χ4n) is 1.81. The highest BCUT2D eigenvalue weighted by Gasteiger charge is 2.07. The summed E-state index contributed by atoms with van der Waals surface area (Å²) in [5.41, 5.74) is 2.18. The molecule has 1 heterocycles. The van der Waals surface area contributed by atoms with Gasteiger partial charge in [-0.2, -0.15) is 0 Å². The first-order chi connectivity index (χ1) is 9.15. The highest BCUT2D eigenvalue weighted by molar-refractivity contribution is 9.10. The zero-order valence-electron chi connectivity index (χ0n) is 10.9. The standard InChI is InChI=1S/C14H15BrN2S2/c1-3-4-11-12(15)14(18)17-13(16-11)9-5-7-10(19-2)8-6-9/h5-8H,3-4H2,1-2H3,(H,16,17,18). The highest BCUT2D eigenvalue weighted by atomic mass is 79.9. The number of aryl methyl sites for hydroxylation is 1. The second-order valence-corrected chi connectivity index (χ2v) is 6.22. The second-order valence-electron chi connectivity index (χ2n) is 4.16. The minimum atomic E-state index is 0.617. The van der Waals surface area contributed by atoms with Gasteiger partial charge < -0.3 is 4.98 Å². The van der Waals surface area contributed by atoms with Crippen molar-refractivity contribution < 1.29 is 0 Å². The van der Waals surface area contributed by atoms with E-state index in [0.29, 0.717) is 4.64 Å². The summed E-state index contributed by atoms with van der Waals surface area (Å²) in [6.07, 6.45) is 4.10. The summed E-state index contributed by atoms with van der Waals surface area (Å²) in [5, 5.41) is 0. The van der Waals surface area contributed by atoms with Gasteiger partial charge in [-0.1, -0.05) is 37.7 Å². The van der Waals surface area contributed by atoms with Crippen molar-refractivity contribution in [2.75, 3.05) is 6.26 Å². The van der Waals surface area contributed by atoms with Crippen LogP contribution in [0.25, 0.3) is 11.4 Å². The number of nitrogens with one attached hydrogen (secondary N) is 1. The molecule has 19 heavy (non-hydrogen) atoms. The van der Waals surface area contributed by atoms with E-state index in [1.807, 2.05) is 0 Å². The maximum absolute atomic E-state index is 5.31. The van der Waals surface area contributed by atoms with E-state index in [4.69, 9.17) is 12.2 Å². The van der Waals surface area contributed by atoms with Gasteiger partial charge in [0.25, 0.3) is 0 Å². The Bertz CT molecular complexity index is 620. The van der Waals surface area contributed by atoms with Crippen molar-refractivity contribution in [1.82, 2.24) is 9.97 Å². The maximum Gasteiger partial charge on any atom is 0.144 e. The van der Waals surface area contributed by atoms with Gasteiger partial charge in [-0.05, 0) is 40.7 Å². The zero-order chi connectivity index (χ0) is 13.8. The van der Waals surface area contributed by atoms with Crippen molar-refractivity contribution in [3.63, 3.8) is 0 Å². The average molecular weight is 355 g/mol. The zero-order valence-corrected chi connectivity index (χ0v) is 14.1. The molecule has 0 atom stereocenters. The van der Waals surface area contributed by atoms with Crippen LogP contribution in [0.15, 0.2) is 33.6 Å². The number of thioether (sulfide) groups is 1. The van der Waals surface area contributed by atoms with Gasteiger partial charge in [0.15, 0.2) is 0 Å². The SMILES string of the molecule is CCCc1[nH]c(-c2ccc(SC)cc2)nc(=S)c1Br. The minimum absolute atomic E-state index is 0.617.